The van der Waals surface area contributed by atoms with Gasteiger partial charge in [-0.3, -0.25) is 4.79 Å². The van der Waals surface area contributed by atoms with E-state index in [0.717, 1.165) is 4.47 Å². The van der Waals surface area contributed by atoms with Gasteiger partial charge in [0, 0.05) is 17.6 Å². The molecule has 0 aliphatic carbocycles. The molecule has 1 amide bonds. The number of hydrogen-bond acceptors (Lipinski definition) is 4. The van der Waals surface area contributed by atoms with E-state index >= 15 is 0 Å². The minimum atomic E-state index is -3.64. The van der Waals surface area contributed by atoms with Crippen molar-refractivity contribution in [3.63, 3.8) is 0 Å². The summed E-state index contributed by atoms with van der Waals surface area (Å²) in [6, 6.07) is 12.9. The van der Waals surface area contributed by atoms with Gasteiger partial charge in [-0.25, -0.2) is 8.42 Å². The van der Waals surface area contributed by atoms with E-state index in [0.29, 0.717) is 25.1 Å². The number of hydrogen-bond donors (Lipinski definition) is 2. The van der Waals surface area contributed by atoms with Crippen molar-refractivity contribution in [3.8, 4) is 5.75 Å². The van der Waals surface area contributed by atoms with E-state index < -0.39 is 15.9 Å². The third kappa shape index (κ3) is 4.08. The van der Waals surface area contributed by atoms with E-state index in [-0.39, 0.29) is 23.1 Å². The number of carbonyl (C=O) groups excluding carboxylic acids is 1. The summed E-state index contributed by atoms with van der Waals surface area (Å²) < 4.78 is 27.8. The number of carbonyl (C=O) groups is 1. The van der Waals surface area contributed by atoms with E-state index in [9.17, 15) is 18.3 Å². The van der Waals surface area contributed by atoms with Gasteiger partial charge in [-0.2, -0.15) is 4.31 Å². The summed E-state index contributed by atoms with van der Waals surface area (Å²) in [6.45, 7) is 0.511. The fraction of sp³-hybridized carbons (Fsp3) is 0.278. The van der Waals surface area contributed by atoms with Crippen LogP contribution in [0.1, 0.15) is 12.8 Å². The maximum absolute atomic E-state index is 12.8. The summed E-state index contributed by atoms with van der Waals surface area (Å²) in [6.07, 6.45) is 1.21. The number of aromatic hydroxyl groups is 1. The average Bonchev–Trinajstić information content (AvgIpc) is 2.64. The highest BCUT2D eigenvalue weighted by molar-refractivity contribution is 9.10. The van der Waals surface area contributed by atoms with Gasteiger partial charge in [0.15, 0.2) is 0 Å². The minimum Gasteiger partial charge on any atom is -0.506 e. The number of phenols is 1. The molecular weight excluding hydrogens is 420 g/mol. The monoisotopic (exact) mass is 438 g/mol. The lowest BCUT2D eigenvalue weighted by atomic mass is 9.98. The summed E-state index contributed by atoms with van der Waals surface area (Å²) in [7, 11) is -3.64. The summed E-state index contributed by atoms with van der Waals surface area (Å²) >= 11 is 3.29. The van der Waals surface area contributed by atoms with Gasteiger partial charge in [-0.05, 0) is 49.2 Å². The first-order valence-electron chi connectivity index (χ1n) is 8.22. The lowest BCUT2D eigenvalue weighted by molar-refractivity contribution is -0.120. The van der Waals surface area contributed by atoms with Gasteiger partial charge in [-0.15, -0.1) is 0 Å². The van der Waals surface area contributed by atoms with Crippen LogP contribution in [0.5, 0.6) is 5.75 Å². The van der Waals surface area contributed by atoms with Crippen LogP contribution < -0.4 is 5.32 Å². The van der Waals surface area contributed by atoms with Gasteiger partial charge in [-0.1, -0.05) is 28.1 Å². The zero-order chi connectivity index (χ0) is 18.7. The summed E-state index contributed by atoms with van der Waals surface area (Å²) in [5, 5.41) is 12.5. The van der Waals surface area contributed by atoms with Crippen molar-refractivity contribution in [2.45, 2.75) is 17.7 Å². The smallest absolute Gasteiger partial charge is 0.243 e. The molecule has 1 atom stereocenters. The Bertz CT molecular complexity index is 900. The van der Waals surface area contributed by atoms with Gasteiger partial charge >= 0.3 is 0 Å². The van der Waals surface area contributed by atoms with E-state index in [2.05, 4.69) is 21.2 Å². The number of benzene rings is 2. The Labute approximate surface area is 161 Å². The maximum Gasteiger partial charge on any atom is 0.243 e. The van der Waals surface area contributed by atoms with E-state index in [1.807, 2.05) is 0 Å². The van der Waals surface area contributed by atoms with E-state index in [1.54, 1.807) is 42.5 Å². The third-order valence-electron chi connectivity index (χ3n) is 4.37. The minimum absolute atomic E-state index is 0.0176. The molecule has 8 heteroatoms. The van der Waals surface area contributed by atoms with Crippen LogP contribution in [-0.2, 0) is 14.8 Å². The van der Waals surface area contributed by atoms with E-state index in [1.165, 1.54) is 10.4 Å². The van der Waals surface area contributed by atoms with Crippen LogP contribution in [0.4, 0.5) is 5.69 Å². The van der Waals surface area contributed by atoms with Crippen molar-refractivity contribution in [2.24, 2.45) is 5.92 Å². The molecule has 1 aliphatic heterocycles. The van der Waals surface area contributed by atoms with E-state index in [4.69, 9.17) is 0 Å². The second-order valence-electron chi connectivity index (χ2n) is 6.16. The molecule has 0 spiro atoms. The Morgan fingerprint density at radius 3 is 2.54 bits per heavy atom. The number of phenolic OH excluding ortho intramolecular Hbond substituents is 1. The van der Waals surface area contributed by atoms with Crippen LogP contribution in [0, 0.1) is 5.92 Å². The highest BCUT2D eigenvalue weighted by Crippen LogP contribution is 2.27. The molecule has 2 aromatic carbocycles. The lowest BCUT2D eigenvalue weighted by Gasteiger charge is -2.31. The molecule has 2 aromatic rings. The standard InChI is InChI=1S/C18H19BrN2O4S/c19-14-7-9-15(10-8-14)26(24,25)21-11-3-4-13(12-21)18(23)20-16-5-1-2-6-17(16)22/h1-2,5-10,13,22H,3-4,11-12H2,(H,20,23). The molecule has 0 radical (unpaired) electrons. The molecule has 1 aliphatic rings. The first-order valence-corrected chi connectivity index (χ1v) is 10.5. The normalized spacial score (nSPS) is 18.4. The number of rotatable bonds is 4. The first-order chi connectivity index (χ1) is 12.4. The molecule has 3 rings (SSSR count). The average molecular weight is 439 g/mol. The van der Waals surface area contributed by atoms with Crippen LogP contribution in [-0.4, -0.2) is 36.8 Å². The SMILES string of the molecule is O=C(Nc1ccccc1O)C1CCCN(S(=O)(=O)c2ccc(Br)cc2)C1. The number of para-hydroxylation sites is 2. The van der Waals surface area contributed by atoms with Crippen LogP contribution in [0.3, 0.4) is 0 Å². The van der Waals surface area contributed by atoms with Crippen LogP contribution in [0.2, 0.25) is 0 Å². The van der Waals surface area contributed by atoms with Gasteiger partial charge in [0.05, 0.1) is 16.5 Å². The second-order valence-corrected chi connectivity index (χ2v) is 9.02. The molecule has 1 unspecified atom stereocenters. The predicted octanol–water partition coefficient (Wildman–Crippen LogP) is 3.19. The molecule has 138 valence electrons. The Hall–Kier alpha value is -1.90. The largest absolute Gasteiger partial charge is 0.506 e. The molecule has 6 nitrogen and oxygen atoms in total. The number of anilines is 1. The number of nitrogens with zero attached hydrogens (tertiary/aromatic N) is 1. The van der Waals surface area contributed by atoms with Gasteiger partial charge in [0.25, 0.3) is 0 Å². The molecule has 26 heavy (non-hydrogen) atoms. The van der Waals surface area contributed by atoms with Crippen molar-refractivity contribution in [1.82, 2.24) is 4.31 Å². The maximum atomic E-state index is 12.8. The van der Waals surface area contributed by atoms with Gasteiger partial charge < -0.3 is 10.4 Å². The van der Waals surface area contributed by atoms with Gasteiger partial charge in [0.1, 0.15) is 5.75 Å². The highest BCUT2D eigenvalue weighted by Gasteiger charge is 2.33. The number of halogens is 1. The van der Waals surface area contributed by atoms with Crippen molar-refractivity contribution >= 4 is 37.5 Å². The summed E-state index contributed by atoms with van der Waals surface area (Å²) in [5.74, 6) is -0.771. The lowest BCUT2D eigenvalue weighted by Crippen LogP contribution is -2.43. The Morgan fingerprint density at radius 2 is 1.85 bits per heavy atom. The number of nitrogens with one attached hydrogen (secondary N) is 1. The summed E-state index contributed by atoms with van der Waals surface area (Å²) in [5.41, 5.74) is 0.324. The molecule has 1 saturated heterocycles. The van der Waals surface area contributed by atoms with Crippen molar-refractivity contribution in [3.05, 3.63) is 53.0 Å². The van der Waals surface area contributed by atoms with Crippen molar-refractivity contribution < 1.29 is 18.3 Å². The number of amides is 1. The second kappa shape index (κ2) is 7.77. The quantitative estimate of drug-likeness (QED) is 0.717. The van der Waals surface area contributed by atoms with Crippen LogP contribution >= 0.6 is 15.9 Å². The molecular formula is C18H19BrN2O4S. The Balaban J connectivity index is 1.73. The highest BCUT2D eigenvalue weighted by atomic mass is 79.9. The number of piperidine rings is 1. The van der Waals surface area contributed by atoms with Crippen LogP contribution in [0.25, 0.3) is 0 Å². The molecule has 0 saturated carbocycles. The molecule has 1 fully saturated rings. The molecule has 2 N–H and O–H groups in total. The molecule has 1 heterocycles. The Morgan fingerprint density at radius 1 is 1.15 bits per heavy atom. The van der Waals surface area contributed by atoms with Crippen LogP contribution in [0.15, 0.2) is 57.9 Å². The fourth-order valence-corrected chi connectivity index (χ4v) is 4.73. The molecule has 0 bridgehead atoms. The first kappa shape index (κ1) is 18.9. The summed E-state index contributed by atoms with van der Waals surface area (Å²) in [4.78, 5) is 12.7. The Kier molecular flexibility index (Phi) is 5.64. The third-order valence-corrected chi connectivity index (χ3v) is 6.78. The van der Waals surface area contributed by atoms with Crippen molar-refractivity contribution in [1.29, 1.82) is 0 Å². The molecule has 0 aromatic heterocycles. The topological polar surface area (TPSA) is 86.7 Å². The predicted molar refractivity (Wildman–Crippen MR) is 102 cm³/mol. The fourth-order valence-electron chi connectivity index (χ4n) is 2.94. The number of sulfonamides is 1. The zero-order valence-electron chi connectivity index (χ0n) is 13.9. The zero-order valence-corrected chi connectivity index (χ0v) is 16.3. The van der Waals surface area contributed by atoms with Gasteiger partial charge in [0.2, 0.25) is 15.9 Å². The van der Waals surface area contributed by atoms with Crippen molar-refractivity contribution in [2.75, 3.05) is 18.4 Å².